The summed E-state index contributed by atoms with van der Waals surface area (Å²) >= 11 is 0. The van der Waals surface area contributed by atoms with Crippen LogP contribution < -0.4 is 10.1 Å². The minimum absolute atomic E-state index is 0.0360. The molecule has 5 nitrogen and oxygen atoms in total. The van der Waals surface area contributed by atoms with E-state index in [0.717, 1.165) is 23.3 Å². The van der Waals surface area contributed by atoms with Crippen molar-refractivity contribution in [2.45, 2.75) is 52.6 Å². The number of carbonyl (C=O) groups excluding carboxylic acids is 2. The van der Waals surface area contributed by atoms with Crippen molar-refractivity contribution in [3.63, 3.8) is 0 Å². The summed E-state index contributed by atoms with van der Waals surface area (Å²) in [5, 5.41) is 2.82. The number of rotatable bonds is 10. The second-order valence-electron chi connectivity index (χ2n) is 7.11. The minimum atomic E-state index is -0.545. The predicted octanol–water partition coefficient (Wildman–Crippen LogP) is 3.74. The molecule has 0 bridgehead atoms. The molecule has 0 fully saturated rings. The van der Waals surface area contributed by atoms with E-state index in [1.807, 2.05) is 31.2 Å². The van der Waals surface area contributed by atoms with E-state index in [9.17, 15) is 9.59 Å². The first kappa shape index (κ1) is 22.5. The predicted molar refractivity (Wildman–Crippen MR) is 116 cm³/mol. The van der Waals surface area contributed by atoms with Crippen molar-refractivity contribution >= 4 is 11.8 Å². The van der Waals surface area contributed by atoms with Crippen LogP contribution in [0.1, 0.15) is 43.9 Å². The van der Waals surface area contributed by atoms with Gasteiger partial charge in [-0.3, -0.25) is 9.59 Å². The van der Waals surface area contributed by atoms with Crippen LogP contribution in [0.2, 0.25) is 0 Å². The first-order valence-electron chi connectivity index (χ1n) is 10.3. The number of amides is 2. The summed E-state index contributed by atoms with van der Waals surface area (Å²) < 4.78 is 5.28. The molecule has 0 spiro atoms. The van der Waals surface area contributed by atoms with E-state index in [4.69, 9.17) is 4.74 Å². The van der Waals surface area contributed by atoms with Crippen LogP contribution in [0.15, 0.2) is 48.5 Å². The molecule has 0 heterocycles. The molecule has 0 aliphatic heterocycles. The van der Waals surface area contributed by atoms with Gasteiger partial charge in [-0.15, -0.1) is 0 Å². The van der Waals surface area contributed by atoms with Crippen molar-refractivity contribution in [1.82, 2.24) is 10.2 Å². The molecule has 156 valence electrons. The molecular formula is C24H32N2O3. The highest BCUT2D eigenvalue weighted by atomic mass is 16.5. The maximum absolute atomic E-state index is 13.1. The summed E-state index contributed by atoms with van der Waals surface area (Å²) in [7, 11) is 1.61. The van der Waals surface area contributed by atoms with Crippen LogP contribution in [0.3, 0.4) is 0 Å². The monoisotopic (exact) mass is 396 g/mol. The Morgan fingerprint density at radius 3 is 2.34 bits per heavy atom. The largest absolute Gasteiger partial charge is 0.497 e. The van der Waals surface area contributed by atoms with Crippen LogP contribution in [-0.4, -0.2) is 36.4 Å². The number of nitrogens with zero attached hydrogens (tertiary/aromatic N) is 1. The second kappa shape index (κ2) is 11.2. The molecule has 1 N–H and O–H groups in total. The Labute approximate surface area is 174 Å². The summed E-state index contributed by atoms with van der Waals surface area (Å²) in [6, 6.07) is 15.4. The van der Waals surface area contributed by atoms with E-state index in [2.05, 4.69) is 36.5 Å². The molecule has 0 saturated heterocycles. The summed E-state index contributed by atoms with van der Waals surface area (Å²) in [6.07, 6.45) is 2.01. The van der Waals surface area contributed by atoms with E-state index >= 15 is 0 Å². The van der Waals surface area contributed by atoms with Crippen LogP contribution in [0.5, 0.6) is 5.75 Å². The van der Waals surface area contributed by atoms with Crippen LogP contribution in [0.25, 0.3) is 0 Å². The van der Waals surface area contributed by atoms with E-state index < -0.39 is 6.04 Å². The second-order valence-corrected chi connectivity index (χ2v) is 7.11. The molecule has 2 rings (SSSR count). The molecule has 29 heavy (non-hydrogen) atoms. The fraction of sp³-hybridized carbons (Fsp3) is 0.417. The molecule has 0 aromatic heterocycles. The number of aryl methyl sites for hydroxylation is 2. The Kier molecular flexibility index (Phi) is 8.71. The van der Waals surface area contributed by atoms with E-state index in [1.54, 1.807) is 18.9 Å². The van der Waals surface area contributed by atoms with Crippen LogP contribution >= 0.6 is 0 Å². The number of hydrogen-bond donors (Lipinski definition) is 1. The number of carbonyl (C=O) groups is 2. The number of nitrogens with one attached hydrogen (secondary N) is 1. The molecule has 1 unspecified atom stereocenters. The average molecular weight is 397 g/mol. The van der Waals surface area contributed by atoms with Crippen molar-refractivity contribution in [3.8, 4) is 5.75 Å². The van der Waals surface area contributed by atoms with Gasteiger partial charge in [-0.1, -0.05) is 43.3 Å². The van der Waals surface area contributed by atoms with Gasteiger partial charge in [-0.2, -0.15) is 0 Å². The molecule has 2 amide bonds. The van der Waals surface area contributed by atoms with Crippen molar-refractivity contribution in [2.75, 3.05) is 13.7 Å². The fourth-order valence-corrected chi connectivity index (χ4v) is 3.21. The lowest BCUT2D eigenvalue weighted by atomic mass is 10.0. The molecular weight excluding hydrogens is 364 g/mol. The standard InChI is InChI=1S/C24H32N2O3/c1-5-19-10-12-20(13-11-19)14-15-23(27)26(18(3)24(28)25-6-2)17-21-8-7-9-22(16-21)29-4/h7-13,16,18H,5-6,14-15,17H2,1-4H3,(H,25,28). The first-order valence-corrected chi connectivity index (χ1v) is 10.3. The number of hydrogen-bond acceptors (Lipinski definition) is 3. The third-order valence-electron chi connectivity index (χ3n) is 5.06. The van der Waals surface area contributed by atoms with Gasteiger partial charge in [-0.05, 0) is 55.5 Å². The van der Waals surface area contributed by atoms with Gasteiger partial charge in [0.1, 0.15) is 11.8 Å². The third kappa shape index (κ3) is 6.63. The van der Waals surface area contributed by atoms with Crippen LogP contribution in [0, 0.1) is 0 Å². The van der Waals surface area contributed by atoms with Crippen LogP contribution in [0.4, 0.5) is 0 Å². The fourth-order valence-electron chi connectivity index (χ4n) is 3.21. The maximum Gasteiger partial charge on any atom is 0.242 e. The zero-order valence-electron chi connectivity index (χ0n) is 17.9. The Bertz CT molecular complexity index is 802. The van der Waals surface area contributed by atoms with Gasteiger partial charge < -0.3 is 15.0 Å². The molecule has 1 atom stereocenters. The Balaban J connectivity index is 2.13. The Hall–Kier alpha value is -2.82. The van der Waals surface area contributed by atoms with Crippen molar-refractivity contribution < 1.29 is 14.3 Å². The van der Waals surface area contributed by atoms with Gasteiger partial charge in [-0.25, -0.2) is 0 Å². The normalized spacial score (nSPS) is 11.6. The number of ether oxygens (including phenoxy) is 1. The molecule has 0 saturated carbocycles. The lowest BCUT2D eigenvalue weighted by Crippen LogP contribution is -2.47. The zero-order valence-corrected chi connectivity index (χ0v) is 17.9. The summed E-state index contributed by atoms with van der Waals surface area (Å²) in [5.74, 6) is 0.554. The Morgan fingerprint density at radius 1 is 1.03 bits per heavy atom. The highest BCUT2D eigenvalue weighted by Crippen LogP contribution is 2.17. The quantitative estimate of drug-likeness (QED) is 0.665. The molecule has 2 aromatic carbocycles. The van der Waals surface area contributed by atoms with Crippen molar-refractivity contribution in [1.29, 1.82) is 0 Å². The van der Waals surface area contributed by atoms with Gasteiger partial charge in [0.15, 0.2) is 0 Å². The molecule has 0 aliphatic rings. The lowest BCUT2D eigenvalue weighted by molar-refractivity contribution is -0.140. The summed E-state index contributed by atoms with van der Waals surface area (Å²) in [4.78, 5) is 27.1. The number of methoxy groups -OCH3 is 1. The average Bonchev–Trinajstić information content (AvgIpc) is 2.76. The van der Waals surface area contributed by atoms with Gasteiger partial charge in [0.25, 0.3) is 0 Å². The first-order chi connectivity index (χ1) is 14.0. The van der Waals surface area contributed by atoms with Gasteiger partial charge in [0.2, 0.25) is 11.8 Å². The smallest absolute Gasteiger partial charge is 0.242 e. The lowest BCUT2D eigenvalue weighted by Gasteiger charge is -2.29. The SMILES string of the molecule is CCNC(=O)C(C)N(Cc1cccc(OC)c1)C(=O)CCc1ccc(CC)cc1. The minimum Gasteiger partial charge on any atom is -0.497 e. The third-order valence-corrected chi connectivity index (χ3v) is 5.06. The molecule has 0 radical (unpaired) electrons. The van der Waals surface area contributed by atoms with E-state index in [-0.39, 0.29) is 11.8 Å². The topological polar surface area (TPSA) is 58.6 Å². The summed E-state index contributed by atoms with van der Waals surface area (Å²) in [6.45, 7) is 6.67. The van der Waals surface area contributed by atoms with Gasteiger partial charge >= 0.3 is 0 Å². The summed E-state index contributed by atoms with van der Waals surface area (Å²) in [5.41, 5.74) is 3.34. The van der Waals surface area contributed by atoms with Crippen LogP contribution in [-0.2, 0) is 29.0 Å². The molecule has 5 heteroatoms. The maximum atomic E-state index is 13.1. The highest BCUT2D eigenvalue weighted by Gasteiger charge is 2.25. The number of likely N-dealkylation sites (N-methyl/N-ethyl adjacent to an activating group) is 1. The van der Waals surface area contributed by atoms with Gasteiger partial charge in [0.05, 0.1) is 7.11 Å². The highest BCUT2D eigenvalue weighted by molar-refractivity contribution is 5.87. The van der Waals surface area contributed by atoms with E-state index in [1.165, 1.54) is 5.56 Å². The number of benzene rings is 2. The van der Waals surface area contributed by atoms with Gasteiger partial charge in [0, 0.05) is 19.5 Å². The van der Waals surface area contributed by atoms with Crippen molar-refractivity contribution in [3.05, 3.63) is 65.2 Å². The van der Waals surface area contributed by atoms with E-state index in [0.29, 0.717) is 25.9 Å². The zero-order chi connectivity index (χ0) is 21.2. The molecule has 0 aliphatic carbocycles. The Morgan fingerprint density at radius 2 is 1.72 bits per heavy atom. The van der Waals surface area contributed by atoms with Crippen molar-refractivity contribution in [2.24, 2.45) is 0 Å². The molecule has 2 aromatic rings.